The van der Waals surface area contributed by atoms with Crippen LogP contribution in [0.5, 0.6) is 0 Å². The third-order valence-electron chi connectivity index (χ3n) is 3.85. The van der Waals surface area contributed by atoms with Crippen LogP contribution in [0.15, 0.2) is 28.7 Å². The average Bonchev–Trinajstić information content (AvgIpc) is 2.61. The number of aryl methyl sites for hydroxylation is 1. The lowest BCUT2D eigenvalue weighted by Crippen LogP contribution is -2.30. The van der Waals surface area contributed by atoms with Crippen molar-refractivity contribution in [2.45, 2.75) is 25.7 Å². The number of rotatable bonds is 2. The highest BCUT2D eigenvalue weighted by molar-refractivity contribution is 5.81. The van der Waals surface area contributed by atoms with Crippen LogP contribution < -0.4 is 5.73 Å². The van der Waals surface area contributed by atoms with Gasteiger partial charge >= 0.3 is 0 Å². The Morgan fingerprint density at radius 3 is 2.88 bits per heavy atom. The first-order valence-electron chi connectivity index (χ1n) is 5.98. The molecule has 2 heteroatoms. The van der Waals surface area contributed by atoms with Gasteiger partial charge in [0.1, 0.15) is 11.3 Å². The minimum absolute atomic E-state index is 0.553. The van der Waals surface area contributed by atoms with Gasteiger partial charge in [0.05, 0.1) is 0 Å². The second-order valence-electron chi connectivity index (χ2n) is 4.82. The summed E-state index contributed by atoms with van der Waals surface area (Å²) < 4.78 is 5.98. The molecular weight excluding hydrogens is 198 g/mol. The number of para-hydroxylation sites is 1. The molecule has 0 spiro atoms. The first-order valence-corrected chi connectivity index (χ1v) is 5.98. The molecule has 1 heterocycles. The average molecular weight is 215 g/mol. The quantitative estimate of drug-likeness (QED) is 0.835. The predicted octanol–water partition coefficient (Wildman–Crippen LogP) is 3.19. The highest BCUT2D eigenvalue weighted by atomic mass is 16.3. The molecule has 2 atom stereocenters. The van der Waals surface area contributed by atoms with Crippen molar-refractivity contribution >= 4 is 11.0 Å². The van der Waals surface area contributed by atoms with Crippen molar-refractivity contribution in [1.29, 1.82) is 0 Å². The van der Waals surface area contributed by atoms with Gasteiger partial charge in [-0.05, 0) is 43.9 Å². The number of nitrogens with two attached hydrogens (primary N) is 1. The molecule has 1 aliphatic carbocycles. The molecular formula is C14H17NO. The molecule has 2 nitrogen and oxygen atoms in total. The largest absolute Gasteiger partial charge is 0.460 e. The maximum Gasteiger partial charge on any atom is 0.137 e. The van der Waals surface area contributed by atoms with Crippen molar-refractivity contribution in [3.8, 4) is 0 Å². The van der Waals surface area contributed by atoms with Crippen LogP contribution in [0.25, 0.3) is 11.0 Å². The van der Waals surface area contributed by atoms with E-state index in [4.69, 9.17) is 10.2 Å². The molecule has 0 radical (unpaired) electrons. The van der Waals surface area contributed by atoms with E-state index in [0.717, 1.165) is 17.9 Å². The Labute approximate surface area is 95.4 Å². The molecule has 1 aromatic heterocycles. The molecule has 2 aromatic rings. The molecule has 0 bridgehead atoms. The number of hydrogen-bond donors (Lipinski definition) is 1. The molecule has 2 unspecified atom stereocenters. The fourth-order valence-electron chi connectivity index (χ4n) is 2.64. The second-order valence-corrected chi connectivity index (χ2v) is 4.82. The molecule has 1 aliphatic rings. The molecule has 84 valence electrons. The topological polar surface area (TPSA) is 39.2 Å². The lowest BCUT2D eigenvalue weighted by Gasteiger charge is -2.34. The van der Waals surface area contributed by atoms with Crippen molar-refractivity contribution in [3.05, 3.63) is 35.6 Å². The minimum atomic E-state index is 0.553. The van der Waals surface area contributed by atoms with Crippen LogP contribution in [-0.2, 0) is 0 Å². The van der Waals surface area contributed by atoms with E-state index in [9.17, 15) is 0 Å². The molecule has 0 saturated heterocycles. The van der Waals surface area contributed by atoms with Gasteiger partial charge in [-0.15, -0.1) is 0 Å². The van der Waals surface area contributed by atoms with E-state index in [1.54, 1.807) is 0 Å². The third kappa shape index (κ3) is 1.37. The third-order valence-corrected chi connectivity index (χ3v) is 3.85. The number of benzene rings is 1. The van der Waals surface area contributed by atoms with Gasteiger partial charge in [0, 0.05) is 11.3 Å². The van der Waals surface area contributed by atoms with E-state index in [-0.39, 0.29) is 0 Å². The molecule has 16 heavy (non-hydrogen) atoms. The van der Waals surface area contributed by atoms with E-state index >= 15 is 0 Å². The van der Waals surface area contributed by atoms with E-state index in [0.29, 0.717) is 11.8 Å². The normalized spacial score (nSPS) is 24.6. The van der Waals surface area contributed by atoms with E-state index in [1.807, 2.05) is 0 Å². The maximum atomic E-state index is 5.98. The molecule has 3 rings (SSSR count). The van der Waals surface area contributed by atoms with Crippen molar-refractivity contribution in [1.82, 2.24) is 0 Å². The lowest BCUT2D eigenvalue weighted by molar-refractivity contribution is 0.233. The summed E-state index contributed by atoms with van der Waals surface area (Å²) in [7, 11) is 0. The summed E-state index contributed by atoms with van der Waals surface area (Å²) in [6.45, 7) is 2.87. The molecule has 1 aromatic carbocycles. The summed E-state index contributed by atoms with van der Waals surface area (Å²) >= 11 is 0. The van der Waals surface area contributed by atoms with Crippen molar-refractivity contribution in [2.75, 3.05) is 6.54 Å². The first-order chi connectivity index (χ1) is 7.79. The van der Waals surface area contributed by atoms with Gasteiger partial charge in [0.15, 0.2) is 0 Å². The van der Waals surface area contributed by atoms with Gasteiger partial charge in [-0.3, -0.25) is 0 Å². The van der Waals surface area contributed by atoms with Crippen LogP contribution in [0.3, 0.4) is 0 Å². The first kappa shape index (κ1) is 9.91. The number of fused-ring (bicyclic) bond motifs is 1. The Kier molecular flexibility index (Phi) is 2.25. The Bertz CT molecular complexity index is 512. The van der Waals surface area contributed by atoms with Crippen molar-refractivity contribution in [3.63, 3.8) is 0 Å². The van der Waals surface area contributed by atoms with E-state index in [1.165, 1.54) is 23.8 Å². The molecule has 0 aliphatic heterocycles. The molecule has 1 saturated carbocycles. The van der Waals surface area contributed by atoms with Crippen LogP contribution >= 0.6 is 0 Å². The zero-order chi connectivity index (χ0) is 11.1. The number of hydrogen-bond acceptors (Lipinski definition) is 2. The van der Waals surface area contributed by atoms with E-state index < -0.39 is 0 Å². The minimum Gasteiger partial charge on any atom is -0.460 e. The van der Waals surface area contributed by atoms with Crippen molar-refractivity contribution in [2.24, 2.45) is 11.7 Å². The van der Waals surface area contributed by atoms with Crippen LogP contribution in [0.2, 0.25) is 0 Å². The summed E-state index contributed by atoms with van der Waals surface area (Å²) in [5.74, 6) is 2.31. The smallest absolute Gasteiger partial charge is 0.137 e. The SMILES string of the molecule is Cc1cccc2cc(C3CCC3CN)oc12. The monoisotopic (exact) mass is 215 g/mol. The Morgan fingerprint density at radius 2 is 2.25 bits per heavy atom. The fraction of sp³-hybridized carbons (Fsp3) is 0.429. The Balaban J connectivity index is 2.02. The fourth-order valence-corrected chi connectivity index (χ4v) is 2.64. The Hall–Kier alpha value is -1.28. The zero-order valence-corrected chi connectivity index (χ0v) is 9.57. The lowest BCUT2D eigenvalue weighted by atomic mass is 9.72. The van der Waals surface area contributed by atoms with Gasteiger partial charge in [-0.1, -0.05) is 18.2 Å². The maximum absolute atomic E-state index is 5.98. The summed E-state index contributed by atoms with van der Waals surface area (Å²) in [4.78, 5) is 0. The van der Waals surface area contributed by atoms with Crippen LogP contribution in [-0.4, -0.2) is 6.54 Å². The highest BCUT2D eigenvalue weighted by Crippen LogP contribution is 2.43. The molecule has 1 fully saturated rings. The second kappa shape index (κ2) is 3.63. The zero-order valence-electron chi connectivity index (χ0n) is 9.57. The Morgan fingerprint density at radius 1 is 1.38 bits per heavy atom. The van der Waals surface area contributed by atoms with Gasteiger partial charge in [0.2, 0.25) is 0 Å². The van der Waals surface area contributed by atoms with E-state index in [2.05, 4.69) is 31.2 Å². The number of furan rings is 1. The summed E-state index contributed by atoms with van der Waals surface area (Å²) in [5, 5.41) is 1.22. The summed E-state index contributed by atoms with van der Waals surface area (Å²) in [6.07, 6.45) is 2.47. The van der Waals surface area contributed by atoms with Gasteiger partial charge in [-0.2, -0.15) is 0 Å². The van der Waals surface area contributed by atoms with Crippen LogP contribution in [0.1, 0.15) is 30.1 Å². The van der Waals surface area contributed by atoms with Gasteiger partial charge < -0.3 is 10.2 Å². The molecule has 0 amide bonds. The highest BCUT2D eigenvalue weighted by Gasteiger charge is 2.33. The van der Waals surface area contributed by atoms with Crippen LogP contribution in [0.4, 0.5) is 0 Å². The van der Waals surface area contributed by atoms with Crippen molar-refractivity contribution < 1.29 is 4.42 Å². The van der Waals surface area contributed by atoms with Crippen LogP contribution in [0, 0.1) is 12.8 Å². The standard InChI is InChI=1S/C14H17NO/c1-9-3-2-4-10-7-13(16-14(9)10)12-6-5-11(12)8-15/h2-4,7,11-12H,5-6,8,15H2,1H3. The van der Waals surface area contributed by atoms with Gasteiger partial charge in [-0.25, -0.2) is 0 Å². The summed E-state index contributed by atoms with van der Waals surface area (Å²) in [5.41, 5.74) is 8.00. The molecule has 2 N–H and O–H groups in total. The predicted molar refractivity (Wildman–Crippen MR) is 65.5 cm³/mol. The summed E-state index contributed by atoms with van der Waals surface area (Å²) in [6, 6.07) is 8.48. The van der Waals surface area contributed by atoms with Gasteiger partial charge in [0.25, 0.3) is 0 Å².